The minimum Gasteiger partial charge on any atom is -0.378 e. The van der Waals surface area contributed by atoms with Crippen LogP contribution >= 0.6 is 0 Å². The van der Waals surface area contributed by atoms with Crippen LogP contribution in [0, 0.1) is 11.8 Å². The van der Waals surface area contributed by atoms with E-state index in [-0.39, 0.29) is 6.61 Å². The number of rotatable bonds is 8. The van der Waals surface area contributed by atoms with E-state index in [0.717, 1.165) is 32.7 Å². The summed E-state index contributed by atoms with van der Waals surface area (Å²) in [7, 11) is 0. The molecule has 1 aliphatic heterocycles. The fourth-order valence-corrected chi connectivity index (χ4v) is 2.38. The number of epoxide rings is 1. The molecular weight excluding hydrogens is 220 g/mol. The Balaban J connectivity index is 1.49. The van der Waals surface area contributed by atoms with Crippen LogP contribution in [-0.4, -0.2) is 45.4 Å². The van der Waals surface area contributed by atoms with E-state index in [1.165, 1.54) is 25.7 Å². The summed E-state index contributed by atoms with van der Waals surface area (Å²) in [6.45, 7) is 3.50. The summed E-state index contributed by atoms with van der Waals surface area (Å²) in [5, 5.41) is 0. The lowest BCUT2D eigenvalue weighted by molar-refractivity contribution is -0.112. The van der Waals surface area contributed by atoms with Gasteiger partial charge in [0.05, 0.1) is 13.2 Å². The zero-order chi connectivity index (χ0) is 11.9. The van der Waals surface area contributed by atoms with Crippen molar-refractivity contribution < 1.29 is 19.0 Å². The smallest absolute Gasteiger partial charge is 0.145 e. The third kappa shape index (κ3) is 5.15. The largest absolute Gasteiger partial charge is 0.378 e. The van der Waals surface area contributed by atoms with Gasteiger partial charge in [-0.2, -0.15) is 0 Å². The highest BCUT2D eigenvalue weighted by Gasteiger charge is 2.25. The molecule has 0 spiro atoms. The average molecular weight is 242 g/mol. The van der Waals surface area contributed by atoms with Gasteiger partial charge in [0.15, 0.2) is 0 Å². The summed E-state index contributed by atoms with van der Waals surface area (Å²) in [6.07, 6.45) is 6.04. The molecular formula is C13H22O4. The Morgan fingerprint density at radius 3 is 2.12 bits per heavy atom. The maximum Gasteiger partial charge on any atom is 0.145 e. The number of carbonyl (C=O) groups excluding carboxylic acids is 1. The summed E-state index contributed by atoms with van der Waals surface area (Å²) in [6, 6.07) is 0. The molecule has 0 bridgehead atoms. The van der Waals surface area contributed by atoms with Crippen LogP contribution in [0.2, 0.25) is 0 Å². The minimum atomic E-state index is 0.241. The summed E-state index contributed by atoms with van der Waals surface area (Å²) in [5.74, 6) is 1.34. The number of carbonyl (C=O) groups is 1. The molecule has 0 aromatic carbocycles. The van der Waals surface area contributed by atoms with Gasteiger partial charge in [0.1, 0.15) is 19.0 Å². The molecule has 1 unspecified atom stereocenters. The molecule has 1 saturated heterocycles. The lowest BCUT2D eigenvalue weighted by Crippen LogP contribution is -2.22. The molecule has 1 heterocycles. The van der Waals surface area contributed by atoms with Gasteiger partial charge in [-0.05, 0) is 37.5 Å². The van der Waals surface area contributed by atoms with Gasteiger partial charge in [-0.15, -0.1) is 0 Å². The maximum atomic E-state index is 10.1. The first-order valence-electron chi connectivity index (χ1n) is 6.59. The molecule has 0 radical (unpaired) electrons. The van der Waals surface area contributed by atoms with Crippen molar-refractivity contribution in [3.63, 3.8) is 0 Å². The molecule has 2 fully saturated rings. The average Bonchev–Trinajstić information content (AvgIpc) is 3.16. The first-order chi connectivity index (χ1) is 8.38. The second-order valence-corrected chi connectivity index (χ2v) is 5.08. The SMILES string of the molecule is O=CCOCC1CCC(COCC2CO2)CC1. The van der Waals surface area contributed by atoms with Gasteiger partial charge in [0.25, 0.3) is 0 Å². The van der Waals surface area contributed by atoms with Gasteiger partial charge in [0.2, 0.25) is 0 Å². The van der Waals surface area contributed by atoms with Crippen LogP contribution in [0.3, 0.4) is 0 Å². The molecule has 0 amide bonds. The van der Waals surface area contributed by atoms with Crippen LogP contribution in [-0.2, 0) is 19.0 Å². The van der Waals surface area contributed by atoms with Crippen molar-refractivity contribution in [1.29, 1.82) is 0 Å². The second kappa shape index (κ2) is 7.09. The van der Waals surface area contributed by atoms with Crippen molar-refractivity contribution >= 4 is 6.29 Å². The van der Waals surface area contributed by atoms with E-state index in [0.29, 0.717) is 17.9 Å². The van der Waals surface area contributed by atoms with E-state index in [1.807, 2.05) is 0 Å². The summed E-state index contributed by atoms with van der Waals surface area (Å²) in [5.41, 5.74) is 0. The van der Waals surface area contributed by atoms with Crippen molar-refractivity contribution in [1.82, 2.24) is 0 Å². The zero-order valence-electron chi connectivity index (χ0n) is 10.3. The van der Waals surface area contributed by atoms with Gasteiger partial charge in [0, 0.05) is 13.2 Å². The molecule has 2 aliphatic rings. The second-order valence-electron chi connectivity index (χ2n) is 5.08. The van der Waals surface area contributed by atoms with Gasteiger partial charge in [-0.1, -0.05) is 0 Å². The molecule has 1 saturated carbocycles. The first-order valence-corrected chi connectivity index (χ1v) is 6.59. The summed E-state index contributed by atoms with van der Waals surface area (Å²) in [4.78, 5) is 10.1. The normalized spacial score (nSPS) is 32.4. The van der Waals surface area contributed by atoms with Gasteiger partial charge in [-0.3, -0.25) is 0 Å². The molecule has 4 heteroatoms. The summed E-state index contributed by atoms with van der Waals surface area (Å²) >= 11 is 0. The highest BCUT2D eigenvalue weighted by Crippen LogP contribution is 2.29. The molecule has 0 N–H and O–H groups in total. The fourth-order valence-electron chi connectivity index (χ4n) is 2.38. The molecule has 17 heavy (non-hydrogen) atoms. The van der Waals surface area contributed by atoms with Crippen molar-refractivity contribution in [3.8, 4) is 0 Å². The van der Waals surface area contributed by atoms with E-state index in [2.05, 4.69) is 0 Å². The predicted molar refractivity (Wildman–Crippen MR) is 62.9 cm³/mol. The highest BCUT2D eigenvalue weighted by molar-refractivity contribution is 5.50. The monoisotopic (exact) mass is 242 g/mol. The van der Waals surface area contributed by atoms with Crippen LogP contribution in [0.5, 0.6) is 0 Å². The third-order valence-electron chi connectivity index (χ3n) is 3.57. The van der Waals surface area contributed by atoms with Crippen LogP contribution in [0.25, 0.3) is 0 Å². The van der Waals surface area contributed by atoms with Crippen molar-refractivity contribution in [2.24, 2.45) is 11.8 Å². The fraction of sp³-hybridized carbons (Fsp3) is 0.923. The van der Waals surface area contributed by atoms with E-state index in [9.17, 15) is 4.79 Å². The third-order valence-corrected chi connectivity index (χ3v) is 3.57. The number of hydrogen-bond acceptors (Lipinski definition) is 4. The number of aldehydes is 1. The molecule has 98 valence electrons. The van der Waals surface area contributed by atoms with Crippen molar-refractivity contribution in [3.05, 3.63) is 0 Å². The molecule has 4 nitrogen and oxygen atoms in total. The Morgan fingerprint density at radius 2 is 1.59 bits per heavy atom. The molecule has 0 aromatic heterocycles. The number of ether oxygens (including phenoxy) is 3. The predicted octanol–water partition coefficient (Wildman–Crippen LogP) is 1.42. The lowest BCUT2D eigenvalue weighted by atomic mass is 9.83. The summed E-state index contributed by atoms with van der Waals surface area (Å²) < 4.78 is 16.0. The molecule has 1 aliphatic carbocycles. The number of hydrogen-bond donors (Lipinski definition) is 0. The highest BCUT2D eigenvalue weighted by atomic mass is 16.6. The molecule has 1 atom stereocenters. The van der Waals surface area contributed by atoms with Crippen LogP contribution < -0.4 is 0 Å². The topological polar surface area (TPSA) is 48.1 Å². The Hall–Kier alpha value is -0.450. The van der Waals surface area contributed by atoms with E-state index in [4.69, 9.17) is 14.2 Å². The lowest BCUT2D eigenvalue weighted by Gasteiger charge is -2.27. The van der Waals surface area contributed by atoms with Gasteiger partial charge in [-0.25, -0.2) is 0 Å². The van der Waals surface area contributed by atoms with E-state index in [1.54, 1.807) is 0 Å². The molecule has 2 rings (SSSR count). The minimum absolute atomic E-state index is 0.241. The Morgan fingerprint density at radius 1 is 1.00 bits per heavy atom. The van der Waals surface area contributed by atoms with Crippen molar-refractivity contribution in [2.45, 2.75) is 31.8 Å². The zero-order valence-corrected chi connectivity index (χ0v) is 10.3. The maximum absolute atomic E-state index is 10.1. The first kappa shape index (κ1) is 13.0. The Kier molecular flexibility index (Phi) is 5.42. The standard InChI is InChI=1S/C13H22O4/c14-5-6-15-7-11-1-3-12(4-2-11)8-16-9-13-10-17-13/h5,11-13H,1-4,6-10H2. The van der Waals surface area contributed by atoms with E-state index < -0.39 is 0 Å². The van der Waals surface area contributed by atoms with E-state index >= 15 is 0 Å². The van der Waals surface area contributed by atoms with Crippen LogP contribution in [0.15, 0.2) is 0 Å². The molecule has 0 aromatic rings. The quantitative estimate of drug-likeness (QED) is 0.367. The van der Waals surface area contributed by atoms with Crippen molar-refractivity contribution in [2.75, 3.05) is 33.0 Å². The van der Waals surface area contributed by atoms with Crippen LogP contribution in [0.4, 0.5) is 0 Å². The Bertz CT molecular complexity index is 219. The Labute approximate surface area is 103 Å². The van der Waals surface area contributed by atoms with Gasteiger partial charge < -0.3 is 19.0 Å². The van der Waals surface area contributed by atoms with Crippen LogP contribution in [0.1, 0.15) is 25.7 Å². The van der Waals surface area contributed by atoms with Gasteiger partial charge >= 0.3 is 0 Å².